The quantitative estimate of drug-likeness (QED) is 0.911. The number of hydrogen-bond donors (Lipinski definition) is 1. The topological polar surface area (TPSA) is 46.2 Å². The van der Waals surface area contributed by atoms with Gasteiger partial charge >= 0.3 is 0 Å². The third kappa shape index (κ3) is 3.65. The molecule has 20 heavy (non-hydrogen) atoms. The summed E-state index contributed by atoms with van der Waals surface area (Å²) in [4.78, 5) is 0.174. The Labute approximate surface area is 126 Å². The van der Waals surface area contributed by atoms with Crippen molar-refractivity contribution >= 4 is 26.0 Å². The fraction of sp³-hybridized carbons (Fsp3) is 0.143. The molecule has 0 aliphatic rings. The van der Waals surface area contributed by atoms with Gasteiger partial charge in [-0.05, 0) is 48.4 Å². The average molecular weight is 358 g/mol. The molecule has 0 saturated carbocycles. The molecule has 1 N–H and O–H groups in total. The molecule has 0 spiro atoms. The summed E-state index contributed by atoms with van der Waals surface area (Å²) in [7, 11) is -3.59. The van der Waals surface area contributed by atoms with Crippen LogP contribution in [0.5, 0.6) is 0 Å². The van der Waals surface area contributed by atoms with Crippen LogP contribution < -0.4 is 4.72 Å². The van der Waals surface area contributed by atoms with Crippen molar-refractivity contribution < 1.29 is 12.8 Å². The van der Waals surface area contributed by atoms with Gasteiger partial charge in [-0.15, -0.1) is 0 Å². The van der Waals surface area contributed by atoms with E-state index in [1.54, 1.807) is 31.2 Å². The lowest BCUT2D eigenvalue weighted by Crippen LogP contribution is -2.23. The molecule has 2 rings (SSSR count). The Morgan fingerprint density at radius 1 is 1.15 bits per heavy atom. The van der Waals surface area contributed by atoms with Gasteiger partial charge in [0.15, 0.2) is 0 Å². The minimum Gasteiger partial charge on any atom is -0.207 e. The first-order valence-corrected chi connectivity index (χ1v) is 8.16. The molecule has 0 bridgehead atoms. The zero-order chi connectivity index (χ0) is 14.8. The molecule has 0 saturated heterocycles. The van der Waals surface area contributed by atoms with Crippen molar-refractivity contribution in [1.29, 1.82) is 0 Å². The largest absolute Gasteiger partial charge is 0.240 e. The summed E-state index contributed by atoms with van der Waals surface area (Å²) in [5.74, 6) is -0.342. The van der Waals surface area contributed by atoms with Gasteiger partial charge in [0.2, 0.25) is 10.0 Å². The van der Waals surface area contributed by atoms with Crippen molar-refractivity contribution in [2.75, 3.05) is 0 Å². The van der Waals surface area contributed by atoms with Crippen molar-refractivity contribution in [2.45, 2.75) is 18.4 Å². The Morgan fingerprint density at radius 2 is 1.80 bits per heavy atom. The predicted octanol–water partition coefficient (Wildman–Crippen LogP) is 3.38. The van der Waals surface area contributed by atoms with E-state index in [1.807, 2.05) is 0 Å². The summed E-state index contributed by atoms with van der Waals surface area (Å²) in [6, 6.07) is 11.0. The molecule has 2 aromatic carbocycles. The molecule has 6 heteroatoms. The van der Waals surface area contributed by atoms with E-state index in [2.05, 4.69) is 20.7 Å². The Morgan fingerprint density at radius 3 is 2.40 bits per heavy atom. The van der Waals surface area contributed by atoms with Crippen LogP contribution in [-0.2, 0) is 16.6 Å². The van der Waals surface area contributed by atoms with Gasteiger partial charge in [-0.3, -0.25) is 0 Å². The second kappa shape index (κ2) is 6.03. The van der Waals surface area contributed by atoms with Crippen LogP contribution in [-0.4, -0.2) is 8.42 Å². The molecule has 0 heterocycles. The number of rotatable bonds is 4. The molecule has 0 radical (unpaired) electrons. The van der Waals surface area contributed by atoms with Crippen molar-refractivity contribution in [3.63, 3.8) is 0 Å². The molecule has 3 nitrogen and oxygen atoms in total. The highest BCUT2D eigenvalue weighted by Gasteiger charge is 2.13. The molecular weight excluding hydrogens is 345 g/mol. The third-order valence-electron chi connectivity index (χ3n) is 2.83. The van der Waals surface area contributed by atoms with Gasteiger partial charge in [0.25, 0.3) is 0 Å². The SMILES string of the molecule is Cc1ccc(CNS(=O)(=O)c2ccc(Br)cc2)cc1F. The monoisotopic (exact) mass is 357 g/mol. The lowest BCUT2D eigenvalue weighted by atomic mass is 10.1. The number of benzene rings is 2. The van der Waals surface area contributed by atoms with Gasteiger partial charge < -0.3 is 0 Å². The van der Waals surface area contributed by atoms with Crippen LogP contribution >= 0.6 is 15.9 Å². The molecule has 0 atom stereocenters. The average Bonchev–Trinajstić information content (AvgIpc) is 2.41. The van der Waals surface area contributed by atoms with Gasteiger partial charge in [-0.1, -0.05) is 28.1 Å². The van der Waals surface area contributed by atoms with Gasteiger partial charge in [0.1, 0.15) is 5.82 Å². The maximum absolute atomic E-state index is 13.4. The van der Waals surface area contributed by atoms with E-state index in [1.165, 1.54) is 18.2 Å². The first-order chi connectivity index (χ1) is 9.38. The van der Waals surface area contributed by atoms with E-state index in [4.69, 9.17) is 0 Å². The third-order valence-corrected chi connectivity index (χ3v) is 4.77. The summed E-state index contributed by atoms with van der Waals surface area (Å²) >= 11 is 3.25. The minimum absolute atomic E-state index is 0.0512. The van der Waals surface area contributed by atoms with Crippen molar-refractivity contribution in [1.82, 2.24) is 4.72 Å². The minimum atomic E-state index is -3.59. The van der Waals surface area contributed by atoms with Crippen molar-refractivity contribution in [2.24, 2.45) is 0 Å². The zero-order valence-electron chi connectivity index (χ0n) is 10.7. The lowest BCUT2D eigenvalue weighted by Gasteiger charge is -2.07. The number of nitrogens with one attached hydrogen (secondary N) is 1. The first kappa shape index (κ1) is 15.2. The van der Waals surface area contributed by atoms with E-state index in [-0.39, 0.29) is 17.3 Å². The molecule has 0 fully saturated rings. The predicted molar refractivity (Wildman–Crippen MR) is 79.3 cm³/mol. The van der Waals surface area contributed by atoms with Gasteiger partial charge in [0, 0.05) is 11.0 Å². The van der Waals surface area contributed by atoms with Crippen molar-refractivity contribution in [3.8, 4) is 0 Å². The van der Waals surface area contributed by atoms with E-state index in [9.17, 15) is 12.8 Å². The Kier molecular flexibility index (Phi) is 4.57. The molecule has 0 amide bonds. The van der Waals surface area contributed by atoms with Crippen LogP contribution in [0.2, 0.25) is 0 Å². The molecule has 0 aliphatic carbocycles. The van der Waals surface area contributed by atoms with Crippen LogP contribution in [0, 0.1) is 12.7 Å². The summed E-state index contributed by atoms with van der Waals surface area (Å²) < 4.78 is 40.7. The molecule has 0 unspecified atom stereocenters. The van der Waals surface area contributed by atoms with Crippen LogP contribution in [0.1, 0.15) is 11.1 Å². The number of hydrogen-bond acceptors (Lipinski definition) is 2. The maximum atomic E-state index is 13.4. The molecule has 106 valence electrons. The normalized spacial score (nSPS) is 11.6. The first-order valence-electron chi connectivity index (χ1n) is 5.89. The molecule has 0 aliphatic heterocycles. The van der Waals surface area contributed by atoms with E-state index in [0.29, 0.717) is 11.1 Å². The van der Waals surface area contributed by atoms with Crippen molar-refractivity contribution in [3.05, 3.63) is 63.9 Å². The number of halogens is 2. The van der Waals surface area contributed by atoms with Gasteiger partial charge in [-0.25, -0.2) is 17.5 Å². The highest BCUT2D eigenvalue weighted by atomic mass is 79.9. The van der Waals surface area contributed by atoms with E-state index < -0.39 is 10.0 Å². The molecule has 0 aromatic heterocycles. The standard InChI is InChI=1S/C14H13BrFNO2S/c1-10-2-3-11(8-14(10)16)9-17-20(18,19)13-6-4-12(15)5-7-13/h2-8,17H,9H2,1H3. The Bertz CT molecular complexity index is 714. The molecule has 2 aromatic rings. The van der Waals surface area contributed by atoms with Crippen LogP contribution in [0.4, 0.5) is 4.39 Å². The fourth-order valence-corrected chi connectivity index (χ4v) is 2.90. The molecular formula is C14H13BrFNO2S. The van der Waals surface area contributed by atoms with Crippen LogP contribution in [0.15, 0.2) is 51.8 Å². The van der Waals surface area contributed by atoms with Gasteiger partial charge in [0.05, 0.1) is 4.90 Å². The fourth-order valence-electron chi connectivity index (χ4n) is 1.62. The zero-order valence-corrected chi connectivity index (χ0v) is 13.1. The Hall–Kier alpha value is -1.24. The van der Waals surface area contributed by atoms with Gasteiger partial charge in [-0.2, -0.15) is 0 Å². The maximum Gasteiger partial charge on any atom is 0.240 e. The lowest BCUT2D eigenvalue weighted by molar-refractivity contribution is 0.580. The summed E-state index contributed by atoms with van der Waals surface area (Å²) in [5, 5.41) is 0. The summed E-state index contributed by atoms with van der Waals surface area (Å²) in [6.45, 7) is 1.71. The second-order valence-electron chi connectivity index (χ2n) is 4.36. The highest BCUT2D eigenvalue weighted by molar-refractivity contribution is 9.10. The van der Waals surface area contributed by atoms with Crippen LogP contribution in [0.3, 0.4) is 0 Å². The smallest absolute Gasteiger partial charge is 0.207 e. The second-order valence-corrected chi connectivity index (χ2v) is 7.04. The highest BCUT2D eigenvalue weighted by Crippen LogP contribution is 2.15. The summed E-state index contributed by atoms with van der Waals surface area (Å²) in [6.07, 6.45) is 0. The van der Waals surface area contributed by atoms with Crippen LogP contribution in [0.25, 0.3) is 0 Å². The Balaban J connectivity index is 2.13. The number of sulfonamides is 1. The van der Waals surface area contributed by atoms with E-state index >= 15 is 0 Å². The summed E-state index contributed by atoms with van der Waals surface area (Å²) in [5.41, 5.74) is 1.11. The number of aryl methyl sites for hydroxylation is 1. The van der Waals surface area contributed by atoms with E-state index in [0.717, 1.165) is 4.47 Å².